The summed E-state index contributed by atoms with van der Waals surface area (Å²) in [7, 11) is 0. The highest BCUT2D eigenvalue weighted by molar-refractivity contribution is 6.42. The molecule has 0 radical (unpaired) electrons. The second-order valence-electron chi connectivity index (χ2n) is 6.14. The third kappa shape index (κ3) is 3.65. The van der Waals surface area contributed by atoms with E-state index < -0.39 is 0 Å². The lowest BCUT2D eigenvalue weighted by Crippen LogP contribution is -2.18. The zero-order valence-corrected chi connectivity index (χ0v) is 14.2. The van der Waals surface area contributed by atoms with Crippen LogP contribution in [-0.2, 0) is 17.6 Å². The Labute approximate surface area is 142 Å². The second kappa shape index (κ2) is 7.04. The fourth-order valence-corrected chi connectivity index (χ4v) is 3.51. The Bertz CT molecular complexity index is 654. The van der Waals surface area contributed by atoms with E-state index in [2.05, 4.69) is 37.3 Å². The molecule has 0 spiro atoms. The van der Waals surface area contributed by atoms with Crippen LogP contribution in [0.1, 0.15) is 16.7 Å². The minimum atomic E-state index is 0.539. The van der Waals surface area contributed by atoms with Crippen molar-refractivity contribution in [3.8, 4) is 0 Å². The maximum absolute atomic E-state index is 6.12. The van der Waals surface area contributed by atoms with Crippen LogP contribution in [0.4, 0.5) is 0 Å². The maximum atomic E-state index is 6.12. The molecule has 1 heterocycles. The number of benzene rings is 2. The average Bonchev–Trinajstić information content (AvgIpc) is 2.92. The van der Waals surface area contributed by atoms with E-state index in [1.165, 1.54) is 16.7 Å². The Balaban J connectivity index is 1.70. The lowest BCUT2D eigenvalue weighted by molar-refractivity contribution is 0.180. The van der Waals surface area contributed by atoms with E-state index in [1.807, 2.05) is 12.1 Å². The summed E-state index contributed by atoms with van der Waals surface area (Å²) in [6.07, 6.45) is 2.08. The van der Waals surface area contributed by atoms with E-state index in [0.717, 1.165) is 26.1 Å². The number of ether oxygens (including phenoxy) is 1. The highest BCUT2D eigenvalue weighted by atomic mass is 35.5. The van der Waals surface area contributed by atoms with Crippen molar-refractivity contribution in [2.24, 2.45) is 11.8 Å². The Morgan fingerprint density at radius 1 is 0.955 bits per heavy atom. The number of rotatable bonds is 4. The van der Waals surface area contributed by atoms with Crippen molar-refractivity contribution >= 4 is 23.2 Å². The smallest absolute Gasteiger partial charge is 0.0595 e. The number of halogens is 2. The van der Waals surface area contributed by atoms with Crippen LogP contribution in [0.25, 0.3) is 0 Å². The number of aryl methyl sites for hydroxylation is 1. The highest BCUT2D eigenvalue weighted by Gasteiger charge is 2.28. The van der Waals surface area contributed by atoms with Gasteiger partial charge in [0.1, 0.15) is 0 Å². The molecule has 1 saturated heterocycles. The second-order valence-corrected chi connectivity index (χ2v) is 6.96. The van der Waals surface area contributed by atoms with Crippen LogP contribution in [-0.4, -0.2) is 13.2 Å². The van der Waals surface area contributed by atoms with Crippen LogP contribution >= 0.6 is 23.2 Å². The van der Waals surface area contributed by atoms with Crippen LogP contribution in [0, 0.1) is 18.8 Å². The largest absolute Gasteiger partial charge is 0.381 e. The van der Waals surface area contributed by atoms with E-state index in [9.17, 15) is 0 Å². The minimum absolute atomic E-state index is 0.539. The first-order valence-corrected chi connectivity index (χ1v) is 8.45. The molecule has 2 aromatic carbocycles. The summed E-state index contributed by atoms with van der Waals surface area (Å²) in [4.78, 5) is 0. The zero-order chi connectivity index (χ0) is 15.5. The molecule has 2 aromatic rings. The molecule has 1 aliphatic heterocycles. The van der Waals surface area contributed by atoms with E-state index in [1.54, 1.807) is 0 Å². The molecular formula is C19H20Cl2O. The molecular weight excluding hydrogens is 315 g/mol. The van der Waals surface area contributed by atoms with Crippen molar-refractivity contribution in [2.75, 3.05) is 13.2 Å². The minimum Gasteiger partial charge on any atom is -0.381 e. The maximum Gasteiger partial charge on any atom is 0.0595 e. The molecule has 0 unspecified atom stereocenters. The summed E-state index contributed by atoms with van der Waals surface area (Å²) in [6, 6.07) is 14.5. The van der Waals surface area contributed by atoms with Crippen molar-refractivity contribution in [1.29, 1.82) is 0 Å². The first-order valence-electron chi connectivity index (χ1n) is 7.69. The monoisotopic (exact) mass is 334 g/mol. The van der Waals surface area contributed by atoms with E-state index in [-0.39, 0.29) is 0 Å². The van der Waals surface area contributed by atoms with Crippen LogP contribution < -0.4 is 0 Å². The summed E-state index contributed by atoms with van der Waals surface area (Å²) in [5.74, 6) is 1.10. The molecule has 1 aliphatic rings. The molecule has 116 valence electrons. The molecule has 0 aliphatic carbocycles. The van der Waals surface area contributed by atoms with Gasteiger partial charge in [0.2, 0.25) is 0 Å². The molecule has 2 atom stereocenters. The number of hydrogen-bond acceptors (Lipinski definition) is 1. The molecule has 1 fully saturated rings. The summed E-state index contributed by atoms with van der Waals surface area (Å²) in [5, 5.41) is 1.25. The van der Waals surface area contributed by atoms with Gasteiger partial charge in [0.25, 0.3) is 0 Å². The third-order valence-corrected chi connectivity index (χ3v) is 5.29. The molecule has 0 aromatic heterocycles. The van der Waals surface area contributed by atoms with Crippen molar-refractivity contribution in [1.82, 2.24) is 0 Å². The van der Waals surface area contributed by atoms with Gasteiger partial charge in [-0.2, -0.15) is 0 Å². The van der Waals surface area contributed by atoms with Gasteiger partial charge < -0.3 is 4.74 Å². The predicted molar refractivity (Wildman–Crippen MR) is 92.8 cm³/mol. The molecule has 0 N–H and O–H groups in total. The molecule has 22 heavy (non-hydrogen) atoms. The first kappa shape index (κ1) is 15.9. The van der Waals surface area contributed by atoms with Gasteiger partial charge in [-0.15, -0.1) is 0 Å². The normalized spacial score (nSPS) is 21.2. The molecule has 1 nitrogen and oxygen atoms in total. The van der Waals surface area contributed by atoms with Gasteiger partial charge in [-0.25, -0.2) is 0 Å². The molecule has 0 saturated carbocycles. The van der Waals surface area contributed by atoms with E-state index in [4.69, 9.17) is 27.9 Å². The van der Waals surface area contributed by atoms with Crippen LogP contribution in [0.15, 0.2) is 42.5 Å². The predicted octanol–water partition coefficient (Wildman–Crippen LogP) is 5.35. The van der Waals surface area contributed by atoms with Gasteiger partial charge in [0.05, 0.1) is 23.3 Å². The van der Waals surface area contributed by atoms with Crippen molar-refractivity contribution in [2.45, 2.75) is 19.8 Å². The first-order chi connectivity index (χ1) is 10.6. The summed E-state index contributed by atoms with van der Waals surface area (Å²) in [6.45, 7) is 3.86. The van der Waals surface area contributed by atoms with Gasteiger partial charge in [-0.1, -0.05) is 53.5 Å². The fourth-order valence-electron chi connectivity index (χ4n) is 3.19. The Hall–Kier alpha value is -1.02. The topological polar surface area (TPSA) is 9.23 Å². The van der Waals surface area contributed by atoms with Crippen LogP contribution in [0.2, 0.25) is 10.0 Å². The van der Waals surface area contributed by atoms with E-state index >= 15 is 0 Å². The summed E-state index contributed by atoms with van der Waals surface area (Å²) >= 11 is 12.1. The third-order valence-electron chi connectivity index (χ3n) is 4.56. The van der Waals surface area contributed by atoms with Crippen LogP contribution in [0.3, 0.4) is 0 Å². The Morgan fingerprint density at radius 3 is 2.41 bits per heavy atom. The van der Waals surface area contributed by atoms with Crippen molar-refractivity contribution < 1.29 is 4.74 Å². The molecule has 3 rings (SSSR count). The molecule has 0 amide bonds. The van der Waals surface area contributed by atoms with E-state index in [0.29, 0.717) is 21.9 Å². The van der Waals surface area contributed by atoms with Crippen molar-refractivity contribution in [3.63, 3.8) is 0 Å². The summed E-state index contributed by atoms with van der Waals surface area (Å²) < 4.78 is 5.75. The van der Waals surface area contributed by atoms with Gasteiger partial charge in [-0.05, 0) is 60.4 Å². The summed E-state index contributed by atoms with van der Waals surface area (Å²) in [5.41, 5.74) is 4.03. The van der Waals surface area contributed by atoms with Gasteiger partial charge in [0, 0.05) is 0 Å². The SMILES string of the molecule is Cc1ccccc1C[C@H]1COC[C@@H]1Cc1ccc(Cl)c(Cl)c1. The Kier molecular flexibility index (Phi) is 5.07. The van der Waals surface area contributed by atoms with Gasteiger partial charge >= 0.3 is 0 Å². The lowest BCUT2D eigenvalue weighted by atomic mass is 9.84. The Morgan fingerprint density at radius 2 is 1.68 bits per heavy atom. The van der Waals surface area contributed by atoms with Crippen LogP contribution in [0.5, 0.6) is 0 Å². The van der Waals surface area contributed by atoms with Crippen molar-refractivity contribution in [3.05, 3.63) is 69.2 Å². The quantitative estimate of drug-likeness (QED) is 0.732. The fraction of sp³-hybridized carbons (Fsp3) is 0.368. The molecule has 3 heteroatoms. The molecule has 0 bridgehead atoms. The number of hydrogen-bond donors (Lipinski definition) is 0. The lowest BCUT2D eigenvalue weighted by Gasteiger charge is -2.19. The zero-order valence-electron chi connectivity index (χ0n) is 12.7. The van der Waals surface area contributed by atoms with Gasteiger partial charge in [0.15, 0.2) is 0 Å². The van der Waals surface area contributed by atoms with Gasteiger partial charge in [-0.3, -0.25) is 0 Å². The average molecular weight is 335 g/mol. The highest BCUT2D eigenvalue weighted by Crippen LogP contribution is 2.30. The standard InChI is InChI=1S/C19H20Cl2O/c1-13-4-2-3-5-15(13)10-17-12-22-11-16(17)8-14-6-7-18(20)19(21)9-14/h2-7,9,16-17H,8,10-12H2,1H3/t16-,17-/m0/s1.